The van der Waals surface area contributed by atoms with E-state index in [1.165, 1.54) is 24.2 Å². The van der Waals surface area contributed by atoms with Crippen molar-refractivity contribution >= 4 is 0 Å². The molecule has 2 rings (SSSR count). The summed E-state index contributed by atoms with van der Waals surface area (Å²) in [4.78, 5) is 0. The van der Waals surface area contributed by atoms with Crippen molar-refractivity contribution in [3.63, 3.8) is 0 Å². The first-order valence-electron chi connectivity index (χ1n) is 6.33. The minimum Gasteiger partial charge on any atom is -0.282 e. The van der Waals surface area contributed by atoms with Crippen LogP contribution in [0.15, 0.2) is 24.5 Å². The zero-order chi connectivity index (χ0) is 12.1. The van der Waals surface area contributed by atoms with Crippen LogP contribution in [-0.2, 0) is 5.41 Å². The summed E-state index contributed by atoms with van der Waals surface area (Å²) in [6.45, 7) is 4.44. The van der Waals surface area contributed by atoms with Gasteiger partial charge in [0.25, 0.3) is 0 Å². The van der Waals surface area contributed by atoms with E-state index in [4.69, 9.17) is 0 Å². The van der Waals surface area contributed by atoms with Crippen LogP contribution >= 0.6 is 0 Å². The summed E-state index contributed by atoms with van der Waals surface area (Å²) in [6.07, 6.45) is 8.20. The van der Waals surface area contributed by atoms with Crippen LogP contribution in [0.2, 0.25) is 0 Å². The lowest BCUT2D eigenvalue weighted by Gasteiger charge is -2.30. The highest BCUT2D eigenvalue weighted by atomic mass is 15.1. The lowest BCUT2D eigenvalue weighted by molar-refractivity contribution is 0.414. The van der Waals surface area contributed by atoms with Crippen molar-refractivity contribution < 1.29 is 0 Å². The molecule has 4 heteroatoms. The Bertz CT molecular complexity index is 382. The van der Waals surface area contributed by atoms with Gasteiger partial charge in [0.1, 0.15) is 0 Å². The summed E-state index contributed by atoms with van der Waals surface area (Å²) in [5.74, 6) is 0. The number of nitrogens with zero attached hydrogens (tertiary/aromatic N) is 2. The summed E-state index contributed by atoms with van der Waals surface area (Å²) < 4.78 is 0. The van der Waals surface area contributed by atoms with Crippen LogP contribution in [0.1, 0.15) is 50.9 Å². The lowest BCUT2D eigenvalue weighted by Crippen LogP contribution is -2.28. The monoisotopic (exact) mass is 232 g/mol. The predicted octanol–water partition coefficient (Wildman–Crippen LogP) is 3.02. The van der Waals surface area contributed by atoms with Gasteiger partial charge < -0.3 is 0 Å². The van der Waals surface area contributed by atoms with E-state index in [-0.39, 0.29) is 5.41 Å². The molecule has 0 saturated heterocycles. The van der Waals surface area contributed by atoms with Crippen LogP contribution in [0.4, 0.5) is 0 Å². The third-order valence-electron chi connectivity index (χ3n) is 3.59. The molecule has 2 aromatic heterocycles. The van der Waals surface area contributed by atoms with Gasteiger partial charge in [-0.1, -0.05) is 26.7 Å². The van der Waals surface area contributed by atoms with E-state index >= 15 is 0 Å². The Morgan fingerprint density at radius 2 is 1.65 bits per heavy atom. The van der Waals surface area contributed by atoms with Crippen LogP contribution < -0.4 is 0 Å². The van der Waals surface area contributed by atoms with Crippen LogP contribution in [0.5, 0.6) is 0 Å². The summed E-state index contributed by atoms with van der Waals surface area (Å²) in [7, 11) is 0. The summed E-state index contributed by atoms with van der Waals surface area (Å²) in [5.41, 5.74) is 2.36. The molecule has 2 heterocycles. The third kappa shape index (κ3) is 2.12. The number of nitrogens with one attached hydrogen (secondary N) is 2. The highest BCUT2D eigenvalue weighted by Gasteiger charge is 2.34. The maximum Gasteiger partial charge on any atom is 0.0533 e. The molecule has 0 amide bonds. The van der Waals surface area contributed by atoms with Crippen molar-refractivity contribution in [2.45, 2.75) is 44.9 Å². The largest absolute Gasteiger partial charge is 0.282 e. The first-order valence-corrected chi connectivity index (χ1v) is 6.33. The van der Waals surface area contributed by atoms with Crippen molar-refractivity contribution in [2.75, 3.05) is 0 Å². The molecule has 0 aliphatic heterocycles. The first kappa shape index (κ1) is 11.9. The SMILES string of the molecule is CCCCC(CC)(c1ccn[nH]1)c1ccn[nH]1. The van der Waals surface area contributed by atoms with Gasteiger partial charge in [0.15, 0.2) is 0 Å². The number of aromatic amines is 2. The fourth-order valence-electron chi connectivity index (χ4n) is 2.50. The Labute approximate surface area is 102 Å². The Morgan fingerprint density at radius 3 is 2.00 bits per heavy atom. The molecule has 0 fully saturated rings. The molecule has 17 heavy (non-hydrogen) atoms. The van der Waals surface area contributed by atoms with Gasteiger partial charge in [0, 0.05) is 23.8 Å². The summed E-state index contributed by atoms with van der Waals surface area (Å²) in [5, 5.41) is 14.4. The van der Waals surface area contributed by atoms with Crippen LogP contribution in [0, 0.1) is 0 Å². The van der Waals surface area contributed by atoms with Crippen molar-refractivity contribution in [1.82, 2.24) is 20.4 Å². The van der Waals surface area contributed by atoms with E-state index in [0.29, 0.717) is 0 Å². The van der Waals surface area contributed by atoms with Crippen molar-refractivity contribution in [2.24, 2.45) is 0 Å². The van der Waals surface area contributed by atoms with Crippen LogP contribution in [-0.4, -0.2) is 20.4 Å². The van der Waals surface area contributed by atoms with Gasteiger partial charge >= 0.3 is 0 Å². The van der Waals surface area contributed by atoms with Crippen molar-refractivity contribution in [3.8, 4) is 0 Å². The zero-order valence-corrected chi connectivity index (χ0v) is 10.5. The van der Waals surface area contributed by atoms with Gasteiger partial charge in [-0.25, -0.2) is 0 Å². The van der Waals surface area contributed by atoms with Gasteiger partial charge in [-0.2, -0.15) is 10.2 Å². The molecule has 4 nitrogen and oxygen atoms in total. The maximum absolute atomic E-state index is 4.09. The molecule has 0 aliphatic rings. The molecular formula is C13H20N4. The van der Waals surface area contributed by atoms with E-state index in [0.717, 1.165) is 12.8 Å². The van der Waals surface area contributed by atoms with Crippen molar-refractivity contribution in [1.29, 1.82) is 0 Å². The number of aromatic nitrogens is 4. The summed E-state index contributed by atoms with van der Waals surface area (Å²) >= 11 is 0. The maximum atomic E-state index is 4.09. The van der Waals surface area contributed by atoms with E-state index in [2.05, 4.69) is 46.4 Å². The standard InChI is InChI=1S/C13H20N4/c1-3-5-8-13(4-2,11-6-9-14-16-11)12-7-10-15-17-12/h6-7,9-10H,3-5,8H2,1-2H3,(H,14,16)(H,15,17). The Kier molecular flexibility index (Phi) is 3.61. The third-order valence-corrected chi connectivity index (χ3v) is 3.59. The van der Waals surface area contributed by atoms with Crippen LogP contribution in [0.25, 0.3) is 0 Å². The smallest absolute Gasteiger partial charge is 0.0533 e. The molecule has 0 saturated carbocycles. The van der Waals surface area contributed by atoms with Crippen molar-refractivity contribution in [3.05, 3.63) is 35.9 Å². The van der Waals surface area contributed by atoms with Gasteiger partial charge in [0.2, 0.25) is 0 Å². The predicted molar refractivity (Wildman–Crippen MR) is 67.8 cm³/mol. The second-order valence-corrected chi connectivity index (χ2v) is 4.48. The Morgan fingerprint density at radius 1 is 1.06 bits per heavy atom. The molecule has 0 bridgehead atoms. The number of hydrogen-bond donors (Lipinski definition) is 2. The molecule has 2 aromatic rings. The second-order valence-electron chi connectivity index (χ2n) is 4.48. The average molecular weight is 232 g/mol. The molecule has 0 unspecified atom stereocenters. The fourth-order valence-corrected chi connectivity index (χ4v) is 2.50. The molecule has 0 atom stereocenters. The minimum atomic E-state index is 0.00299. The summed E-state index contributed by atoms with van der Waals surface area (Å²) in [6, 6.07) is 4.14. The van der Waals surface area contributed by atoms with E-state index in [9.17, 15) is 0 Å². The highest BCUT2D eigenvalue weighted by molar-refractivity contribution is 5.29. The molecule has 2 N–H and O–H groups in total. The van der Waals surface area contributed by atoms with Gasteiger partial charge in [-0.3, -0.25) is 10.2 Å². The fraction of sp³-hybridized carbons (Fsp3) is 0.538. The Hall–Kier alpha value is -1.58. The quantitative estimate of drug-likeness (QED) is 0.804. The number of rotatable bonds is 6. The molecular weight excluding hydrogens is 212 g/mol. The Balaban J connectivity index is 2.40. The highest BCUT2D eigenvalue weighted by Crippen LogP contribution is 2.37. The lowest BCUT2D eigenvalue weighted by atomic mass is 9.74. The number of H-pyrrole nitrogens is 2. The molecule has 0 radical (unpaired) electrons. The second kappa shape index (κ2) is 5.17. The molecule has 0 spiro atoms. The minimum absolute atomic E-state index is 0.00299. The van der Waals surface area contributed by atoms with E-state index in [1.807, 2.05) is 12.4 Å². The zero-order valence-electron chi connectivity index (χ0n) is 10.5. The number of unbranched alkanes of at least 4 members (excludes halogenated alkanes) is 1. The van der Waals surface area contributed by atoms with Gasteiger partial charge in [0.05, 0.1) is 5.41 Å². The number of hydrogen-bond acceptors (Lipinski definition) is 2. The molecule has 92 valence electrons. The molecule has 0 aliphatic carbocycles. The van der Waals surface area contributed by atoms with Gasteiger partial charge in [-0.15, -0.1) is 0 Å². The first-order chi connectivity index (χ1) is 8.33. The van der Waals surface area contributed by atoms with E-state index in [1.54, 1.807) is 0 Å². The van der Waals surface area contributed by atoms with E-state index < -0.39 is 0 Å². The molecule has 0 aromatic carbocycles. The topological polar surface area (TPSA) is 57.4 Å². The average Bonchev–Trinajstić information content (AvgIpc) is 3.04. The normalized spacial score (nSPS) is 11.9. The van der Waals surface area contributed by atoms with Crippen LogP contribution in [0.3, 0.4) is 0 Å². The van der Waals surface area contributed by atoms with Gasteiger partial charge in [-0.05, 0) is 25.0 Å².